The van der Waals surface area contributed by atoms with Gasteiger partial charge in [0.25, 0.3) is 0 Å². The van der Waals surface area contributed by atoms with Crippen molar-refractivity contribution in [3.63, 3.8) is 0 Å². The number of Topliss-reactive ketones (excluding diaryl/α,β-unsaturated/α-hetero) is 1. The summed E-state index contributed by atoms with van der Waals surface area (Å²) in [7, 11) is 3.86. The first-order valence-corrected chi connectivity index (χ1v) is 5.39. The van der Waals surface area contributed by atoms with Crippen LogP contribution in [0.2, 0.25) is 0 Å². The molecule has 0 radical (unpaired) electrons. The zero-order valence-corrected chi connectivity index (χ0v) is 10.5. The van der Waals surface area contributed by atoms with Crippen LogP contribution in [0.1, 0.15) is 38.4 Å². The van der Waals surface area contributed by atoms with E-state index in [-0.39, 0.29) is 17.6 Å². The van der Waals surface area contributed by atoms with Crippen molar-refractivity contribution < 1.29 is 9.32 Å². The predicted molar refractivity (Wildman–Crippen MR) is 59.9 cm³/mol. The Labute approximate surface area is 95.8 Å². The van der Waals surface area contributed by atoms with Crippen LogP contribution in [0, 0.1) is 5.92 Å². The Hall–Kier alpha value is -1.23. The van der Waals surface area contributed by atoms with Crippen LogP contribution < -0.4 is 0 Å². The van der Waals surface area contributed by atoms with Crippen molar-refractivity contribution in [1.82, 2.24) is 15.0 Å². The van der Waals surface area contributed by atoms with Gasteiger partial charge >= 0.3 is 0 Å². The molecule has 0 saturated heterocycles. The van der Waals surface area contributed by atoms with Crippen LogP contribution in [-0.4, -0.2) is 34.9 Å². The molecular formula is C11H19N3O2. The van der Waals surface area contributed by atoms with E-state index in [1.54, 1.807) is 6.92 Å². The molecule has 16 heavy (non-hydrogen) atoms. The lowest BCUT2D eigenvalue weighted by Crippen LogP contribution is -2.16. The molecule has 1 unspecified atom stereocenters. The number of hydrogen-bond acceptors (Lipinski definition) is 5. The van der Waals surface area contributed by atoms with Crippen LogP contribution in [-0.2, 0) is 11.3 Å². The summed E-state index contributed by atoms with van der Waals surface area (Å²) in [6, 6.07) is 0. The van der Waals surface area contributed by atoms with Crippen LogP contribution in [0.5, 0.6) is 0 Å². The summed E-state index contributed by atoms with van der Waals surface area (Å²) in [6.07, 6.45) is 0. The SMILES string of the molecule is CC(=O)C(c1nc(CN(C)C)no1)C(C)C. The predicted octanol–water partition coefficient (Wildman–Crippen LogP) is 1.46. The van der Waals surface area contributed by atoms with Gasteiger partial charge in [0, 0.05) is 0 Å². The first kappa shape index (κ1) is 12.8. The Balaban J connectivity index is 2.86. The topological polar surface area (TPSA) is 59.2 Å². The molecule has 1 rings (SSSR count). The van der Waals surface area contributed by atoms with Gasteiger partial charge in [-0.2, -0.15) is 4.98 Å². The van der Waals surface area contributed by atoms with Crippen molar-refractivity contribution in [2.45, 2.75) is 33.2 Å². The Bertz CT molecular complexity index is 358. The summed E-state index contributed by atoms with van der Waals surface area (Å²) in [5.74, 6) is 0.995. The van der Waals surface area contributed by atoms with Gasteiger partial charge in [-0.1, -0.05) is 19.0 Å². The lowest BCUT2D eigenvalue weighted by atomic mass is 9.92. The molecule has 0 saturated carbocycles. The summed E-state index contributed by atoms with van der Waals surface area (Å²) in [6.45, 7) is 6.12. The molecule has 1 aromatic rings. The van der Waals surface area contributed by atoms with Crippen LogP contribution >= 0.6 is 0 Å². The average Bonchev–Trinajstić information content (AvgIpc) is 2.50. The second kappa shape index (κ2) is 5.21. The Morgan fingerprint density at radius 3 is 2.50 bits per heavy atom. The summed E-state index contributed by atoms with van der Waals surface area (Å²) in [4.78, 5) is 17.7. The first-order chi connectivity index (χ1) is 7.41. The average molecular weight is 225 g/mol. The number of aromatic nitrogens is 2. The van der Waals surface area contributed by atoms with Gasteiger partial charge in [-0.15, -0.1) is 0 Å². The summed E-state index contributed by atoms with van der Waals surface area (Å²) < 4.78 is 5.14. The van der Waals surface area contributed by atoms with E-state index in [1.165, 1.54) is 0 Å². The lowest BCUT2D eigenvalue weighted by Gasteiger charge is -2.12. The highest BCUT2D eigenvalue weighted by atomic mass is 16.5. The molecule has 5 nitrogen and oxygen atoms in total. The van der Waals surface area contributed by atoms with E-state index in [0.717, 1.165) is 0 Å². The molecule has 0 aliphatic rings. The molecule has 90 valence electrons. The van der Waals surface area contributed by atoms with Crippen molar-refractivity contribution in [3.8, 4) is 0 Å². The lowest BCUT2D eigenvalue weighted by molar-refractivity contribution is -0.119. The van der Waals surface area contributed by atoms with Gasteiger partial charge in [0.2, 0.25) is 5.89 Å². The van der Waals surface area contributed by atoms with Crippen LogP contribution in [0.25, 0.3) is 0 Å². The van der Waals surface area contributed by atoms with Crippen molar-refractivity contribution in [1.29, 1.82) is 0 Å². The van der Waals surface area contributed by atoms with Gasteiger partial charge in [-0.3, -0.25) is 4.79 Å². The zero-order valence-electron chi connectivity index (χ0n) is 10.5. The van der Waals surface area contributed by atoms with Gasteiger partial charge < -0.3 is 9.42 Å². The molecule has 0 aliphatic carbocycles. The van der Waals surface area contributed by atoms with E-state index < -0.39 is 0 Å². The van der Waals surface area contributed by atoms with Gasteiger partial charge in [0.05, 0.1) is 12.5 Å². The minimum absolute atomic E-state index is 0.0649. The van der Waals surface area contributed by atoms with Gasteiger partial charge in [-0.25, -0.2) is 0 Å². The summed E-state index contributed by atoms with van der Waals surface area (Å²) in [5.41, 5.74) is 0. The van der Waals surface area contributed by atoms with E-state index in [9.17, 15) is 4.79 Å². The van der Waals surface area contributed by atoms with E-state index in [0.29, 0.717) is 18.3 Å². The van der Waals surface area contributed by atoms with Crippen molar-refractivity contribution in [2.75, 3.05) is 14.1 Å². The van der Waals surface area contributed by atoms with E-state index in [2.05, 4.69) is 10.1 Å². The van der Waals surface area contributed by atoms with Crippen molar-refractivity contribution in [3.05, 3.63) is 11.7 Å². The molecule has 0 spiro atoms. The Morgan fingerprint density at radius 1 is 1.44 bits per heavy atom. The number of rotatable bonds is 5. The third-order valence-electron chi connectivity index (χ3n) is 2.31. The highest BCUT2D eigenvalue weighted by Crippen LogP contribution is 2.23. The molecule has 0 N–H and O–H groups in total. The van der Waals surface area contributed by atoms with Crippen LogP contribution in [0.15, 0.2) is 4.52 Å². The van der Waals surface area contributed by atoms with Crippen LogP contribution in [0.4, 0.5) is 0 Å². The minimum atomic E-state index is -0.289. The maximum atomic E-state index is 11.5. The quantitative estimate of drug-likeness (QED) is 0.759. The molecule has 1 heterocycles. The molecule has 0 fully saturated rings. The summed E-state index contributed by atoms with van der Waals surface area (Å²) >= 11 is 0. The Morgan fingerprint density at radius 2 is 2.06 bits per heavy atom. The Kier molecular flexibility index (Phi) is 4.18. The zero-order chi connectivity index (χ0) is 12.3. The van der Waals surface area contributed by atoms with E-state index in [1.807, 2.05) is 32.8 Å². The first-order valence-electron chi connectivity index (χ1n) is 5.39. The monoisotopic (exact) mass is 225 g/mol. The largest absolute Gasteiger partial charge is 0.338 e. The molecule has 0 aromatic carbocycles. The second-order valence-electron chi connectivity index (χ2n) is 4.62. The third-order valence-corrected chi connectivity index (χ3v) is 2.31. The smallest absolute Gasteiger partial charge is 0.237 e. The highest BCUT2D eigenvalue weighted by molar-refractivity contribution is 5.82. The minimum Gasteiger partial charge on any atom is -0.338 e. The molecule has 0 aliphatic heterocycles. The molecule has 0 bridgehead atoms. The molecule has 0 amide bonds. The van der Waals surface area contributed by atoms with Crippen LogP contribution in [0.3, 0.4) is 0 Å². The number of nitrogens with zero attached hydrogens (tertiary/aromatic N) is 3. The normalized spacial score (nSPS) is 13.4. The number of carbonyl (C=O) groups excluding carboxylic acids is 1. The number of carbonyl (C=O) groups is 1. The summed E-state index contributed by atoms with van der Waals surface area (Å²) in [5, 5.41) is 3.86. The number of hydrogen-bond donors (Lipinski definition) is 0. The molecule has 1 atom stereocenters. The molecule has 5 heteroatoms. The third kappa shape index (κ3) is 3.13. The standard InChI is InChI=1S/C11H19N3O2/c1-7(2)10(8(3)15)11-12-9(13-16-11)6-14(4)5/h7,10H,6H2,1-5H3. The maximum absolute atomic E-state index is 11.5. The maximum Gasteiger partial charge on any atom is 0.237 e. The fourth-order valence-corrected chi connectivity index (χ4v) is 1.67. The fourth-order valence-electron chi connectivity index (χ4n) is 1.67. The van der Waals surface area contributed by atoms with Gasteiger partial charge in [0.1, 0.15) is 5.78 Å². The van der Waals surface area contributed by atoms with Crippen molar-refractivity contribution in [2.24, 2.45) is 5.92 Å². The molecular weight excluding hydrogens is 206 g/mol. The van der Waals surface area contributed by atoms with Gasteiger partial charge in [0.15, 0.2) is 5.82 Å². The van der Waals surface area contributed by atoms with E-state index >= 15 is 0 Å². The fraction of sp³-hybridized carbons (Fsp3) is 0.727. The van der Waals surface area contributed by atoms with Gasteiger partial charge in [-0.05, 0) is 26.9 Å². The van der Waals surface area contributed by atoms with Crippen molar-refractivity contribution >= 4 is 5.78 Å². The second-order valence-corrected chi connectivity index (χ2v) is 4.62. The van der Waals surface area contributed by atoms with E-state index in [4.69, 9.17) is 4.52 Å². The molecule has 1 aromatic heterocycles. The highest BCUT2D eigenvalue weighted by Gasteiger charge is 2.26. The number of ketones is 1.